The minimum absolute atomic E-state index is 0.0102. The molecule has 6 heteroatoms. The van der Waals surface area contributed by atoms with E-state index in [0.717, 1.165) is 5.56 Å². The first-order chi connectivity index (χ1) is 9.96. The van der Waals surface area contributed by atoms with Gasteiger partial charge in [0, 0.05) is 6.20 Å². The third-order valence-electron chi connectivity index (χ3n) is 3.21. The predicted octanol–water partition coefficient (Wildman–Crippen LogP) is 2.75. The van der Waals surface area contributed by atoms with E-state index in [1.54, 1.807) is 0 Å². The molecule has 1 unspecified atom stereocenters. The van der Waals surface area contributed by atoms with E-state index in [-0.39, 0.29) is 17.2 Å². The molecule has 1 aromatic carbocycles. The molecule has 1 atom stereocenters. The molecule has 3 N–H and O–H groups in total. The summed E-state index contributed by atoms with van der Waals surface area (Å²) in [6.07, 6.45) is 1.22. The quantitative estimate of drug-likeness (QED) is 0.791. The molecule has 2 aromatic rings. The van der Waals surface area contributed by atoms with E-state index in [1.807, 2.05) is 37.3 Å². The Morgan fingerprint density at radius 1 is 1.38 bits per heavy atom. The van der Waals surface area contributed by atoms with E-state index < -0.39 is 11.5 Å². The minimum atomic E-state index is -1.09. The summed E-state index contributed by atoms with van der Waals surface area (Å²) in [5, 5.41) is 21.9. The number of halogens is 1. The lowest BCUT2D eigenvalue weighted by Gasteiger charge is -2.30. The minimum Gasteiger partial charge on any atom is -0.478 e. The second kappa shape index (κ2) is 6.11. The summed E-state index contributed by atoms with van der Waals surface area (Å²) in [5.74, 6) is -0.772. The molecule has 5 nitrogen and oxygen atoms in total. The molecule has 0 fully saturated rings. The Hall–Kier alpha value is -2.11. The number of benzene rings is 1. The van der Waals surface area contributed by atoms with Crippen LogP contribution in [0.5, 0.6) is 0 Å². The van der Waals surface area contributed by atoms with Gasteiger partial charge in [0.2, 0.25) is 0 Å². The van der Waals surface area contributed by atoms with Gasteiger partial charge in [-0.25, -0.2) is 9.78 Å². The summed E-state index contributed by atoms with van der Waals surface area (Å²) in [6.45, 7) is 1.64. The van der Waals surface area contributed by atoms with E-state index in [2.05, 4.69) is 10.3 Å². The fraction of sp³-hybridized carbons (Fsp3) is 0.200. The van der Waals surface area contributed by atoms with Crippen molar-refractivity contribution in [1.82, 2.24) is 4.98 Å². The zero-order chi connectivity index (χ0) is 15.5. The van der Waals surface area contributed by atoms with E-state index in [0.29, 0.717) is 5.82 Å². The van der Waals surface area contributed by atoms with Gasteiger partial charge in [0.1, 0.15) is 5.82 Å². The SMILES string of the molecule is CC(CO)(Nc1ncc(C(=O)O)cc1Cl)c1ccccc1. The molecular formula is C15H15ClN2O3. The summed E-state index contributed by atoms with van der Waals surface area (Å²) < 4.78 is 0. The Balaban J connectivity index is 2.33. The summed E-state index contributed by atoms with van der Waals surface area (Å²) in [7, 11) is 0. The van der Waals surface area contributed by atoms with E-state index in [4.69, 9.17) is 16.7 Å². The van der Waals surface area contributed by atoms with Crippen LogP contribution in [0.15, 0.2) is 42.6 Å². The first-order valence-corrected chi connectivity index (χ1v) is 6.67. The molecule has 0 saturated carbocycles. The summed E-state index contributed by atoms with van der Waals surface area (Å²) >= 11 is 6.05. The number of pyridine rings is 1. The maximum atomic E-state index is 10.9. The summed E-state index contributed by atoms with van der Waals surface area (Å²) in [5.41, 5.74) is 0.103. The highest BCUT2D eigenvalue weighted by atomic mass is 35.5. The standard InChI is InChI=1S/C15H15ClN2O3/c1-15(9-19,11-5-3-2-4-6-11)18-13-12(16)7-10(8-17-13)14(20)21/h2-8,19H,9H2,1H3,(H,17,18)(H,20,21). The maximum absolute atomic E-state index is 10.9. The van der Waals surface area contributed by atoms with Gasteiger partial charge in [-0.15, -0.1) is 0 Å². The lowest BCUT2D eigenvalue weighted by Crippen LogP contribution is -2.36. The number of rotatable bonds is 5. The van der Waals surface area contributed by atoms with E-state index in [9.17, 15) is 9.90 Å². The van der Waals surface area contributed by atoms with Crippen molar-refractivity contribution in [2.24, 2.45) is 0 Å². The van der Waals surface area contributed by atoms with Crippen molar-refractivity contribution in [1.29, 1.82) is 0 Å². The topological polar surface area (TPSA) is 82.5 Å². The van der Waals surface area contributed by atoms with Gasteiger partial charge in [0.15, 0.2) is 0 Å². The largest absolute Gasteiger partial charge is 0.478 e. The zero-order valence-electron chi connectivity index (χ0n) is 11.4. The number of carbonyl (C=O) groups is 1. The molecule has 0 aliphatic heterocycles. The molecule has 0 saturated heterocycles. The van der Waals surface area contributed by atoms with Crippen LogP contribution < -0.4 is 5.32 Å². The molecule has 2 rings (SSSR count). The number of aromatic carboxylic acids is 1. The molecule has 0 aliphatic rings. The van der Waals surface area contributed by atoms with Crippen LogP contribution >= 0.6 is 11.6 Å². The maximum Gasteiger partial charge on any atom is 0.337 e. The van der Waals surface area contributed by atoms with E-state index >= 15 is 0 Å². The predicted molar refractivity (Wildman–Crippen MR) is 80.7 cm³/mol. The monoisotopic (exact) mass is 306 g/mol. The van der Waals surface area contributed by atoms with Crippen molar-refractivity contribution in [3.05, 3.63) is 58.7 Å². The van der Waals surface area contributed by atoms with Crippen LogP contribution in [0.3, 0.4) is 0 Å². The first-order valence-electron chi connectivity index (χ1n) is 6.30. The molecular weight excluding hydrogens is 292 g/mol. The Morgan fingerprint density at radius 3 is 2.57 bits per heavy atom. The van der Waals surface area contributed by atoms with Crippen molar-refractivity contribution in [2.75, 3.05) is 11.9 Å². The first kappa shape index (κ1) is 15.3. The Kier molecular flexibility index (Phi) is 4.45. The van der Waals surface area contributed by atoms with Gasteiger partial charge in [-0.1, -0.05) is 41.9 Å². The van der Waals surface area contributed by atoms with Crippen molar-refractivity contribution in [3.63, 3.8) is 0 Å². The molecule has 0 spiro atoms. The normalized spacial score (nSPS) is 13.5. The lowest BCUT2D eigenvalue weighted by atomic mass is 9.93. The highest BCUT2D eigenvalue weighted by molar-refractivity contribution is 6.33. The zero-order valence-corrected chi connectivity index (χ0v) is 12.1. The van der Waals surface area contributed by atoms with Gasteiger partial charge in [0.25, 0.3) is 0 Å². The van der Waals surface area contributed by atoms with Gasteiger partial charge in [-0.3, -0.25) is 0 Å². The van der Waals surface area contributed by atoms with Gasteiger partial charge >= 0.3 is 5.97 Å². The number of aliphatic hydroxyl groups is 1. The summed E-state index contributed by atoms with van der Waals surface area (Å²) in [6, 6.07) is 10.7. The van der Waals surface area contributed by atoms with Crippen LogP contribution in [0.2, 0.25) is 5.02 Å². The smallest absolute Gasteiger partial charge is 0.337 e. The van der Waals surface area contributed by atoms with Crippen LogP contribution in [0.1, 0.15) is 22.8 Å². The molecule has 1 heterocycles. The molecule has 110 valence electrons. The number of nitrogens with one attached hydrogen (secondary N) is 1. The Morgan fingerprint density at radius 2 is 2.05 bits per heavy atom. The number of carboxylic acids is 1. The third kappa shape index (κ3) is 3.32. The second-order valence-corrected chi connectivity index (χ2v) is 5.25. The molecule has 0 radical (unpaired) electrons. The number of hydrogen-bond acceptors (Lipinski definition) is 4. The van der Waals surface area contributed by atoms with Crippen molar-refractivity contribution in [3.8, 4) is 0 Å². The number of anilines is 1. The van der Waals surface area contributed by atoms with Gasteiger partial charge < -0.3 is 15.5 Å². The van der Waals surface area contributed by atoms with Crippen LogP contribution in [-0.4, -0.2) is 27.8 Å². The number of nitrogens with zero attached hydrogens (tertiary/aromatic N) is 1. The van der Waals surface area contributed by atoms with E-state index in [1.165, 1.54) is 12.3 Å². The molecule has 0 aliphatic carbocycles. The molecule has 0 bridgehead atoms. The average molecular weight is 307 g/mol. The van der Waals surface area contributed by atoms with Gasteiger partial charge in [0.05, 0.1) is 22.7 Å². The highest BCUT2D eigenvalue weighted by Crippen LogP contribution is 2.29. The molecule has 1 aromatic heterocycles. The highest BCUT2D eigenvalue weighted by Gasteiger charge is 2.27. The number of aromatic nitrogens is 1. The van der Waals surface area contributed by atoms with Crippen LogP contribution in [-0.2, 0) is 5.54 Å². The number of hydrogen-bond donors (Lipinski definition) is 3. The number of aliphatic hydroxyl groups excluding tert-OH is 1. The third-order valence-corrected chi connectivity index (χ3v) is 3.50. The van der Waals surface area contributed by atoms with Crippen LogP contribution in [0, 0.1) is 0 Å². The average Bonchev–Trinajstić information content (AvgIpc) is 2.50. The van der Waals surface area contributed by atoms with Gasteiger partial charge in [-0.05, 0) is 18.6 Å². The summed E-state index contributed by atoms with van der Waals surface area (Å²) in [4.78, 5) is 14.9. The second-order valence-electron chi connectivity index (χ2n) is 4.84. The number of carboxylic acid groups (broad SMARTS) is 1. The Bertz CT molecular complexity index is 649. The van der Waals surface area contributed by atoms with Crippen molar-refractivity contribution < 1.29 is 15.0 Å². The van der Waals surface area contributed by atoms with Crippen LogP contribution in [0.25, 0.3) is 0 Å². The fourth-order valence-corrected chi connectivity index (χ4v) is 2.13. The van der Waals surface area contributed by atoms with Crippen molar-refractivity contribution >= 4 is 23.4 Å². The fourth-order valence-electron chi connectivity index (χ4n) is 1.92. The molecule has 21 heavy (non-hydrogen) atoms. The van der Waals surface area contributed by atoms with Crippen molar-refractivity contribution in [2.45, 2.75) is 12.5 Å². The molecule has 0 amide bonds. The van der Waals surface area contributed by atoms with Crippen LogP contribution in [0.4, 0.5) is 5.82 Å². The van der Waals surface area contributed by atoms with Gasteiger partial charge in [-0.2, -0.15) is 0 Å². The Labute approximate surface area is 127 Å². The lowest BCUT2D eigenvalue weighted by molar-refractivity contribution is 0.0696.